The lowest BCUT2D eigenvalue weighted by molar-refractivity contribution is 0.340. The molecular formula is C10H11NO. The molecule has 0 fully saturated rings. The van der Waals surface area contributed by atoms with Crippen molar-refractivity contribution in [1.29, 1.82) is 5.26 Å². The number of nitriles is 1. The Hall–Kier alpha value is -1.49. The molecule has 0 aliphatic rings. The van der Waals surface area contributed by atoms with E-state index in [2.05, 4.69) is 6.07 Å². The van der Waals surface area contributed by atoms with E-state index in [4.69, 9.17) is 10.00 Å². The van der Waals surface area contributed by atoms with E-state index in [0.717, 1.165) is 11.3 Å². The molecule has 1 aromatic carbocycles. The maximum absolute atomic E-state index is 8.41. The molecule has 0 aliphatic carbocycles. The monoisotopic (exact) mass is 161 g/mol. The van der Waals surface area contributed by atoms with E-state index in [1.54, 1.807) is 0 Å². The topological polar surface area (TPSA) is 33.0 Å². The average molecular weight is 161 g/mol. The third-order valence-corrected chi connectivity index (χ3v) is 1.52. The first kappa shape index (κ1) is 8.61. The zero-order valence-corrected chi connectivity index (χ0v) is 7.08. The van der Waals surface area contributed by atoms with Gasteiger partial charge in [-0.3, -0.25) is 0 Å². The fourth-order valence-corrected chi connectivity index (χ4v) is 0.961. The summed E-state index contributed by atoms with van der Waals surface area (Å²) < 4.78 is 5.26. The molecule has 0 aliphatic heterocycles. The summed E-state index contributed by atoms with van der Waals surface area (Å²) in [5, 5.41) is 8.41. The molecule has 0 N–H and O–H groups in total. The van der Waals surface area contributed by atoms with Gasteiger partial charge in [0.15, 0.2) is 0 Å². The third kappa shape index (κ3) is 2.28. The van der Waals surface area contributed by atoms with Gasteiger partial charge >= 0.3 is 0 Å². The Balaban J connectivity index is 2.66. The Labute approximate surface area is 72.4 Å². The van der Waals surface area contributed by atoms with Gasteiger partial charge < -0.3 is 4.74 Å². The summed E-state index contributed by atoms with van der Waals surface area (Å²) in [4.78, 5) is 0. The van der Waals surface area contributed by atoms with Crippen LogP contribution in [0.2, 0.25) is 0 Å². The molecule has 0 bridgehead atoms. The molecule has 1 aromatic rings. The van der Waals surface area contributed by atoms with Gasteiger partial charge in [0.2, 0.25) is 0 Å². The maximum Gasteiger partial charge on any atom is 0.119 e. The first-order chi connectivity index (χ1) is 5.86. The molecule has 1 rings (SSSR count). The molecule has 0 aromatic heterocycles. The van der Waals surface area contributed by atoms with Crippen molar-refractivity contribution in [2.75, 3.05) is 6.61 Å². The van der Waals surface area contributed by atoms with E-state index in [1.165, 1.54) is 0 Å². The minimum absolute atomic E-state index is 0.465. The second kappa shape index (κ2) is 4.40. The Morgan fingerprint density at radius 3 is 2.50 bits per heavy atom. The van der Waals surface area contributed by atoms with E-state index in [1.807, 2.05) is 31.2 Å². The van der Waals surface area contributed by atoms with Crippen LogP contribution in [0.3, 0.4) is 0 Å². The van der Waals surface area contributed by atoms with Gasteiger partial charge in [-0.15, -0.1) is 0 Å². The molecule has 0 saturated heterocycles. The molecule has 0 unspecified atom stereocenters. The summed E-state index contributed by atoms with van der Waals surface area (Å²) in [6.07, 6.45) is 0.465. The standard InChI is InChI=1S/C10H11NO/c1-2-12-10-5-3-9(4-6-10)7-8-11/h3-6H,2,7H2,1H3. The number of rotatable bonds is 3. The van der Waals surface area contributed by atoms with Crippen LogP contribution >= 0.6 is 0 Å². The fraction of sp³-hybridized carbons (Fsp3) is 0.300. The predicted molar refractivity (Wildman–Crippen MR) is 46.9 cm³/mol. The van der Waals surface area contributed by atoms with Crippen LogP contribution in [0.5, 0.6) is 5.75 Å². The second-order valence-electron chi connectivity index (χ2n) is 2.41. The van der Waals surface area contributed by atoms with E-state index in [0.29, 0.717) is 13.0 Å². The summed E-state index contributed by atoms with van der Waals surface area (Å²) in [5.41, 5.74) is 1.03. The maximum atomic E-state index is 8.41. The predicted octanol–water partition coefficient (Wildman–Crippen LogP) is 2.15. The van der Waals surface area contributed by atoms with Crippen LogP contribution in [-0.2, 0) is 6.42 Å². The van der Waals surface area contributed by atoms with Gasteiger partial charge in [-0.2, -0.15) is 5.26 Å². The molecule has 0 radical (unpaired) electrons. The number of ether oxygens (including phenoxy) is 1. The fourth-order valence-electron chi connectivity index (χ4n) is 0.961. The summed E-state index contributed by atoms with van der Waals surface area (Å²) >= 11 is 0. The van der Waals surface area contributed by atoms with Crippen molar-refractivity contribution in [2.45, 2.75) is 13.3 Å². The Morgan fingerprint density at radius 2 is 2.00 bits per heavy atom. The average Bonchev–Trinajstić information content (AvgIpc) is 2.09. The van der Waals surface area contributed by atoms with E-state index in [-0.39, 0.29) is 0 Å². The highest BCUT2D eigenvalue weighted by atomic mass is 16.5. The number of nitrogens with zero attached hydrogens (tertiary/aromatic N) is 1. The SMILES string of the molecule is CCOc1ccc(CC#N)cc1. The second-order valence-corrected chi connectivity index (χ2v) is 2.41. The minimum atomic E-state index is 0.465. The molecule has 12 heavy (non-hydrogen) atoms. The van der Waals surface area contributed by atoms with Crippen LogP contribution < -0.4 is 4.74 Å². The molecule has 62 valence electrons. The summed E-state index contributed by atoms with van der Waals surface area (Å²) in [6.45, 7) is 2.63. The first-order valence-electron chi connectivity index (χ1n) is 3.95. The van der Waals surface area contributed by atoms with Gasteiger partial charge in [-0.1, -0.05) is 12.1 Å². The quantitative estimate of drug-likeness (QED) is 0.680. The molecule has 0 spiro atoms. The van der Waals surface area contributed by atoms with Crippen molar-refractivity contribution in [2.24, 2.45) is 0 Å². The van der Waals surface area contributed by atoms with Gasteiger partial charge in [0.1, 0.15) is 5.75 Å². The van der Waals surface area contributed by atoms with E-state index >= 15 is 0 Å². The van der Waals surface area contributed by atoms with Crippen LogP contribution in [0.25, 0.3) is 0 Å². The van der Waals surface area contributed by atoms with Crippen LogP contribution in [0.4, 0.5) is 0 Å². The lowest BCUT2D eigenvalue weighted by atomic mass is 10.2. The normalized spacial score (nSPS) is 9.00. The van der Waals surface area contributed by atoms with Crippen molar-refractivity contribution in [3.05, 3.63) is 29.8 Å². The lowest BCUT2D eigenvalue weighted by Gasteiger charge is -2.02. The zero-order valence-electron chi connectivity index (χ0n) is 7.08. The number of benzene rings is 1. The molecule has 0 saturated carbocycles. The van der Waals surface area contributed by atoms with Gasteiger partial charge in [-0.25, -0.2) is 0 Å². The van der Waals surface area contributed by atoms with E-state index in [9.17, 15) is 0 Å². The summed E-state index contributed by atoms with van der Waals surface area (Å²) in [7, 11) is 0. The Morgan fingerprint density at radius 1 is 1.33 bits per heavy atom. The number of hydrogen-bond donors (Lipinski definition) is 0. The van der Waals surface area contributed by atoms with Gasteiger partial charge in [0, 0.05) is 0 Å². The number of hydrogen-bond acceptors (Lipinski definition) is 2. The molecule has 2 heteroatoms. The van der Waals surface area contributed by atoms with Crippen molar-refractivity contribution in [1.82, 2.24) is 0 Å². The van der Waals surface area contributed by atoms with Crippen LogP contribution in [0.1, 0.15) is 12.5 Å². The van der Waals surface area contributed by atoms with Crippen LogP contribution in [0.15, 0.2) is 24.3 Å². The lowest BCUT2D eigenvalue weighted by Crippen LogP contribution is -1.91. The van der Waals surface area contributed by atoms with Crippen molar-refractivity contribution in [3.8, 4) is 11.8 Å². The van der Waals surface area contributed by atoms with Crippen molar-refractivity contribution in [3.63, 3.8) is 0 Å². The van der Waals surface area contributed by atoms with Gasteiger partial charge in [-0.05, 0) is 24.6 Å². The van der Waals surface area contributed by atoms with Crippen molar-refractivity contribution < 1.29 is 4.74 Å². The molecule has 2 nitrogen and oxygen atoms in total. The smallest absolute Gasteiger partial charge is 0.119 e. The molecule has 0 amide bonds. The Bertz CT molecular complexity index is 271. The largest absolute Gasteiger partial charge is 0.494 e. The molecule has 0 atom stereocenters. The third-order valence-electron chi connectivity index (χ3n) is 1.52. The van der Waals surface area contributed by atoms with Gasteiger partial charge in [0.25, 0.3) is 0 Å². The Kier molecular flexibility index (Phi) is 3.16. The zero-order chi connectivity index (χ0) is 8.81. The summed E-state index contributed by atoms with van der Waals surface area (Å²) in [6, 6.07) is 9.69. The highest BCUT2D eigenvalue weighted by molar-refractivity contribution is 5.28. The van der Waals surface area contributed by atoms with Crippen LogP contribution in [-0.4, -0.2) is 6.61 Å². The van der Waals surface area contributed by atoms with Crippen LogP contribution in [0, 0.1) is 11.3 Å². The molecular weight excluding hydrogens is 150 g/mol. The van der Waals surface area contributed by atoms with E-state index < -0.39 is 0 Å². The van der Waals surface area contributed by atoms with Crippen molar-refractivity contribution >= 4 is 0 Å². The minimum Gasteiger partial charge on any atom is -0.494 e. The highest BCUT2D eigenvalue weighted by Crippen LogP contribution is 2.11. The molecule has 0 heterocycles. The van der Waals surface area contributed by atoms with Gasteiger partial charge in [0.05, 0.1) is 19.1 Å². The first-order valence-corrected chi connectivity index (χ1v) is 3.95. The summed E-state index contributed by atoms with van der Waals surface area (Å²) in [5.74, 6) is 0.860. The highest BCUT2D eigenvalue weighted by Gasteiger charge is 1.92.